The summed E-state index contributed by atoms with van der Waals surface area (Å²) >= 11 is 0. The van der Waals surface area contributed by atoms with Gasteiger partial charge in [-0.2, -0.15) is 0 Å². The smallest absolute Gasteiger partial charge is 0.344 e. The van der Waals surface area contributed by atoms with Crippen LogP contribution in [0.4, 0.5) is 5.69 Å². The zero-order valence-electron chi connectivity index (χ0n) is 13.5. The van der Waals surface area contributed by atoms with Gasteiger partial charge in [-0.15, -0.1) is 0 Å². The first-order valence-corrected chi connectivity index (χ1v) is 7.57. The van der Waals surface area contributed by atoms with Gasteiger partial charge in [0.15, 0.2) is 11.9 Å². The molecule has 8 nitrogen and oxygen atoms in total. The molecular weight excluding hydrogens is 342 g/mol. The zero-order valence-corrected chi connectivity index (χ0v) is 13.5. The summed E-state index contributed by atoms with van der Waals surface area (Å²) in [6, 6.07) is 10.2. The molecule has 0 fully saturated rings. The molecule has 0 bridgehead atoms. The molecule has 1 N–H and O–H groups in total. The highest BCUT2D eigenvalue weighted by atomic mass is 16.6. The first kappa shape index (κ1) is 17.2. The second-order valence-electron chi connectivity index (χ2n) is 5.55. The van der Waals surface area contributed by atoms with Gasteiger partial charge in [0.1, 0.15) is 11.5 Å². The molecule has 0 aliphatic carbocycles. The normalized spacial score (nSPS) is 15.3. The van der Waals surface area contributed by atoms with Crippen LogP contribution in [0.5, 0.6) is 11.5 Å². The van der Waals surface area contributed by atoms with E-state index < -0.39 is 17.0 Å². The number of carboxylic acids is 1. The lowest BCUT2D eigenvalue weighted by atomic mass is 10.1. The lowest BCUT2D eigenvalue weighted by Gasteiger charge is -2.10. The Hall–Kier alpha value is -3.68. The van der Waals surface area contributed by atoms with Crippen LogP contribution < -0.4 is 9.47 Å². The number of aliphatic carboxylic acids is 1. The Morgan fingerprint density at radius 3 is 2.77 bits per heavy atom. The molecule has 2 aromatic carbocycles. The molecule has 2 aromatic rings. The van der Waals surface area contributed by atoms with E-state index in [1.807, 2.05) is 0 Å². The van der Waals surface area contributed by atoms with E-state index in [0.717, 1.165) is 0 Å². The number of Topliss-reactive ketones (excluding diaryl/α,β-unsaturated/α-hetero) is 1. The number of hydrogen-bond donors (Lipinski definition) is 1. The van der Waals surface area contributed by atoms with Crippen molar-refractivity contribution in [2.45, 2.75) is 13.0 Å². The molecule has 26 heavy (non-hydrogen) atoms. The molecule has 8 heteroatoms. The number of carbonyl (C=O) groups is 2. The van der Waals surface area contributed by atoms with E-state index in [1.165, 1.54) is 49.4 Å². The van der Waals surface area contributed by atoms with Gasteiger partial charge in [-0.25, -0.2) is 4.79 Å². The van der Waals surface area contributed by atoms with Crippen LogP contribution in [-0.2, 0) is 4.79 Å². The summed E-state index contributed by atoms with van der Waals surface area (Å²) in [5.74, 6) is -0.980. The minimum absolute atomic E-state index is 0.0175. The number of nitrogens with zero attached hydrogens (tertiary/aromatic N) is 1. The monoisotopic (exact) mass is 355 g/mol. The van der Waals surface area contributed by atoms with Gasteiger partial charge in [0.05, 0.1) is 10.5 Å². The van der Waals surface area contributed by atoms with Gasteiger partial charge < -0.3 is 14.6 Å². The fraction of sp³-hybridized carbons (Fsp3) is 0.111. The Morgan fingerprint density at radius 1 is 1.31 bits per heavy atom. The lowest BCUT2D eigenvalue weighted by Crippen LogP contribution is -2.22. The molecule has 0 aromatic heterocycles. The molecule has 0 radical (unpaired) electrons. The molecule has 1 aliphatic rings. The quantitative estimate of drug-likeness (QED) is 0.498. The van der Waals surface area contributed by atoms with Crippen LogP contribution in [0, 0.1) is 10.1 Å². The van der Waals surface area contributed by atoms with Crippen LogP contribution in [0.1, 0.15) is 22.8 Å². The molecule has 0 saturated heterocycles. The highest BCUT2D eigenvalue weighted by Gasteiger charge is 2.28. The number of carbonyl (C=O) groups excluding carboxylic acids is 1. The highest BCUT2D eigenvalue weighted by molar-refractivity contribution is 6.14. The van der Waals surface area contributed by atoms with Gasteiger partial charge in [0.25, 0.3) is 5.69 Å². The number of benzene rings is 2. The van der Waals surface area contributed by atoms with Crippen LogP contribution in [-0.4, -0.2) is 27.9 Å². The van der Waals surface area contributed by atoms with E-state index in [-0.39, 0.29) is 28.7 Å². The third kappa shape index (κ3) is 3.39. The van der Waals surface area contributed by atoms with E-state index in [2.05, 4.69) is 0 Å². The summed E-state index contributed by atoms with van der Waals surface area (Å²) in [5.41, 5.74) is 0.656. The summed E-state index contributed by atoms with van der Waals surface area (Å²) < 4.78 is 10.8. The second-order valence-corrected chi connectivity index (χ2v) is 5.55. The van der Waals surface area contributed by atoms with Crippen LogP contribution in [0.2, 0.25) is 0 Å². The van der Waals surface area contributed by atoms with Gasteiger partial charge >= 0.3 is 5.97 Å². The van der Waals surface area contributed by atoms with Crippen molar-refractivity contribution in [3.63, 3.8) is 0 Å². The fourth-order valence-electron chi connectivity index (χ4n) is 2.37. The summed E-state index contributed by atoms with van der Waals surface area (Å²) in [6.45, 7) is 1.38. The molecule has 1 aliphatic heterocycles. The summed E-state index contributed by atoms with van der Waals surface area (Å²) in [5, 5.41) is 19.7. The standard InChI is InChI=1S/C18H13NO7/c1-10(18(21)22)25-13-5-6-14-15(9-13)26-16(17(14)20)8-11-3-2-4-12(7-11)19(23)24/h2-10H,1H3,(H,21,22). The molecular formula is C18H13NO7. The van der Waals surface area contributed by atoms with Crippen LogP contribution in [0.25, 0.3) is 6.08 Å². The maximum Gasteiger partial charge on any atom is 0.344 e. The number of ether oxygens (including phenoxy) is 2. The van der Waals surface area contributed by atoms with Crippen molar-refractivity contribution in [1.29, 1.82) is 0 Å². The first-order valence-electron chi connectivity index (χ1n) is 7.57. The minimum Gasteiger partial charge on any atom is -0.479 e. The molecule has 0 amide bonds. The lowest BCUT2D eigenvalue weighted by molar-refractivity contribution is -0.384. The van der Waals surface area contributed by atoms with Gasteiger partial charge in [-0.1, -0.05) is 12.1 Å². The molecule has 132 valence electrons. The van der Waals surface area contributed by atoms with E-state index >= 15 is 0 Å². The van der Waals surface area contributed by atoms with E-state index in [0.29, 0.717) is 11.1 Å². The average molecular weight is 355 g/mol. The predicted molar refractivity (Wildman–Crippen MR) is 90.2 cm³/mol. The van der Waals surface area contributed by atoms with Crippen molar-refractivity contribution in [1.82, 2.24) is 0 Å². The molecule has 1 unspecified atom stereocenters. The summed E-state index contributed by atoms with van der Waals surface area (Å²) in [4.78, 5) is 33.6. The minimum atomic E-state index is -1.12. The van der Waals surface area contributed by atoms with Crippen molar-refractivity contribution < 1.29 is 29.1 Å². The fourth-order valence-corrected chi connectivity index (χ4v) is 2.37. The number of fused-ring (bicyclic) bond motifs is 1. The largest absolute Gasteiger partial charge is 0.479 e. The maximum atomic E-state index is 12.4. The maximum absolute atomic E-state index is 12.4. The SMILES string of the molecule is CC(Oc1ccc2c(c1)OC(=Cc1cccc([N+](=O)[O-])c1)C2=O)C(=O)O. The summed E-state index contributed by atoms with van der Waals surface area (Å²) in [6.07, 6.45) is 0.362. The predicted octanol–water partition coefficient (Wildman–Crippen LogP) is 3.06. The van der Waals surface area contributed by atoms with Crippen LogP contribution >= 0.6 is 0 Å². The van der Waals surface area contributed by atoms with Gasteiger partial charge in [0, 0.05) is 18.2 Å². The molecule has 0 saturated carbocycles. The first-order chi connectivity index (χ1) is 12.3. The molecule has 1 atom stereocenters. The van der Waals surface area contributed by atoms with Gasteiger partial charge in [-0.3, -0.25) is 14.9 Å². The Balaban J connectivity index is 1.86. The number of carboxylic acid groups (broad SMARTS) is 1. The Bertz CT molecular complexity index is 948. The average Bonchev–Trinajstić information content (AvgIpc) is 2.90. The van der Waals surface area contributed by atoms with Gasteiger partial charge in [0.2, 0.25) is 5.78 Å². The highest BCUT2D eigenvalue weighted by Crippen LogP contribution is 2.35. The van der Waals surface area contributed by atoms with E-state index in [9.17, 15) is 19.7 Å². The summed E-state index contributed by atoms with van der Waals surface area (Å²) in [7, 11) is 0. The van der Waals surface area contributed by atoms with Crippen molar-refractivity contribution in [3.8, 4) is 11.5 Å². The third-order valence-corrected chi connectivity index (χ3v) is 3.68. The number of allylic oxidation sites excluding steroid dienone is 1. The number of ketones is 1. The van der Waals surface area contributed by atoms with Crippen LogP contribution in [0.3, 0.4) is 0 Å². The van der Waals surface area contributed by atoms with Crippen LogP contribution in [0.15, 0.2) is 48.2 Å². The number of hydrogen-bond acceptors (Lipinski definition) is 6. The Kier molecular flexibility index (Phi) is 4.40. The van der Waals surface area contributed by atoms with E-state index in [1.54, 1.807) is 6.07 Å². The second kappa shape index (κ2) is 6.67. The molecule has 1 heterocycles. The van der Waals surface area contributed by atoms with Crippen molar-refractivity contribution in [2.75, 3.05) is 0 Å². The van der Waals surface area contributed by atoms with Crippen molar-refractivity contribution >= 4 is 23.5 Å². The zero-order chi connectivity index (χ0) is 18.8. The van der Waals surface area contributed by atoms with E-state index in [4.69, 9.17) is 14.6 Å². The Morgan fingerprint density at radius 2 is 2.08 bits per heavy atom. The number of non-ortho nitro benzene ring substituents is 1. The Labute approximate surface area is 147 Å². The number of nitro benzene ring substituents is 1. The number of nitro groups is 1. The third-order valence-electron chi connectivity index (χ3n) is 3.68. The number of rotatable bonds is 5. The van der Waals surface area contributed by atoms with Crippen molar-refractivity contribution in [2.24, 2.45) is 0 Å². The molecule has 3 rings (SSSR count). The topological polar surface area (TPSA) is 116 Å². The van der Waals surface area contributed by atoms with Gasteiger partial charge in [-0.05, 0) is 30.7 Å². The molecule has 0 spiro atoms. The van der Waals surface area contributed by atoms with Crippen molar-refractivity contribution in [3.05, 3.63) is 69.5 Å².